The zero-order valence-electron chi connectivity index (χ0n) is 8.19. The third-order valence-electron chi connectivity index (χ3n) is 0.601. The molecule has 0 amide bonds. The topological polar surface area (TPSA) is 55.8 Å². The van der Waals surface area contributed by atoms with Crippen molar-refractivity contribution in [3.63, 3.8) is 0 Å². The first kappa shape index (κ1) is 14.2. The lowest BCUT2D eigenvalue weighted by Crippen LogP contribution is -1.97. The second-order valence-electron chi connectivity index (χ2n) is 1.74. The van der Waals surface area contributed by atoms with Gasteiger partial charge in [-0.3, -0.25) is 0 Å². The van der Waals surface area contributed by atoms with Gasteiger partial charge in [0.25, 0.3) is 0 Å². The van der Waals surface area contributed by atoms with Gasteiger partial charge in [0.2, 0.25) is 0 Å². The van der Waals surface area contributed by atoms with Crippen molar-refractivity contribution in [2.75, 3.05) is 6.61 Å². The van der Waals surface area contributed by atoms with E-state index in [4.69, 9.17) is 5.11 Å². The zero-order chi connectivity index (χ0) is 10.5. The summed E-state index contributed by atoms with van der Waals surface area (Å²) in [6.45, 7) is 5.41. The highest BCUT2D eigenvalue weighted by atomic mass is 16.7. The van der Waals surface area contributed by atoms with Crippen molar-refractivity contribution in [3.8, 4) is 0 Å². The Morgan fingerprint density at radius 2 is 1.54 bits per heavy atom. The number of allylic oxidation sites excluding steroid dienone is 2. The maximum Gasteiger partial charge on any atom is 0.518 e. The number of rotatable bonds is 2. The molecule has 0 atom stereocenters. The van der Waals surface area contributed by atoms with Gasteiger partial charge in [-0.05, 0) is 20.8 Å². The predicted molar refractivity (Wildman–Crippen MR) is 50.0 cm³/mol. The van der Waals surface area contributed by atoms with E-state index in [1.807, 2.05) is 0 Å². The molecule has 4 heteroatoms. The minimum absolute atomic E-state index is 0.250. The quantitative estimate of drug-likeness (QED) is 0.533. The summed E-state index contributed by atoms with van der Waals surface area (Å²) in [6, 6.07) is 0. The van der Waals surface area contributed by atoms with E-state index in [1.54, 1.807) is 32.9 Å². The zero-order valence-corrected chi connectivity index (χ0v) is 8.19. The monoisotopic (exact) mass is 188 g/mol. The summed E-state index contributed by atoms with van der Waals surface area (Å²) in [6.07, 6.45) is 4.97. The van der Waals surface area contributed by atoms with Crippen LogP contribution in [0.2, 0.25) is 0 Å². The Balaban J connectivity index is 0. The van der Waals surface area contributed by atoms with Crippen LogP contribution in [0.3, 0.4) is 0 Å². The minimum atomic E-state index is -0.726. The number of hydrogen-bond donors (Lipinski definition) is 1. The van der Waals surface area contributed by atoms with E-state index in [9.17, 15) is 4.79 Å². The summed E-state index contributed by atoms with van der Waals surface area (Å²) in [5.74, 6) is 0. The highest BCUT2D eigenvalue weighted by Crippen LogP contribution is 1.86. The molecule has 4 nitrogen and oxygen atoms in total. The van der Waals surface area contributed by atoms with Gasteiger partial charge in [0, 0.05) is 6.61 Å². The molecule has 0 spiro atoms. The number of carbonyl (C=O) groups excluding carboxylic acids is 1. The first-order valence-corrected chi connectivity index (χ1v) is 3.93. The molecule has 1 N–H and O–H groups in total. The molecule has 0 unspecified atom stereocenters. The van der Waals surface area contributed by atoms with Crippen LogP contribution < -0.4 is 0 Å². The molecule has 0 rings (SSSR count). The smallest absolute Gasteiger partial charge is 0.403 e. The van der Waals surface area contributed by atoms with Gasteiger partial charge in [-0.25, -0.2) is 4.79 Å². The summed E-state index contributed by atoms with van der Waals surface area (Å²) >= 11 is 0. The number of hydrogen-bond acceptors (Lipinski definition) is 4. The van der Waals surface area contributed by atoms with Crippen molar-refractivity contribution < 1.29 is 19.4 Å². The predicted octanol–water partition coefficient (Wildman–Crippen LogP) is 2.21. The molecule has 0 radical (unpaired) electrons. The Hall–Kier alpha value is -1.29. The summed E-state index contributed by atoms with van der Waals surface area (Å²) in [5.41, 5.74) is 0. The second kappa shape index (κ2) is 13.3. The highest BCUT2D eigenvalue weighted by Gasteiger charge is 1.94. The molecule has 13 heavy (non-hydrogen) atoms. The van der Waals surface area contributed by atoms with Gasteiger partial charge in [-0.2, -0.15) is 0 Å². The van der Waals surface area contributed by atoms with Gasteiger partial charge in [-0.15, -0.1) is 0 Å². The van der Waals surface area contributed by atoms with Crippen LogP contribution in [0.1, 0.15) is 20.8 Å². The van der Waals surface area contributed by atoms with Crippen molar-refractivity contribution >= 4 is 6.16 Å². The average Bonchev–Trinajstić information content (AvgIpc) is 2.12. The molecule has 0 bridgehead atoms. The first-order valence-electron chi connectivity index (χ1n) is 3.93. The minimum Gasteiger partial charge on any atom is -0.403 e. The molecule has 0 aliphatic heterocycles. The summed E-state index contributed by atoms with van der Waals surface area (Å²) in [4.78, 5) is 10.4. The number of aliphatic hydroxyl groups excluding tert-OH is 1. The van der Waals surface area contributed by atoms with Gasteiger partial charge >= 0.3 is 6.16 Å². The van der Waals surface area contributed by atoms with Crippen molar-refractivity contribution in [2.24, 2.45) is 0 Å². The van der Waals surface area contributed by atoms with Gasteiger partial charge in [-0.1, -0.05) is 12.2 Å². The molecule has 0 saturated carbocycles. The van der Waals surface area contributed by atoms with Gasteiger partial charge in [0.15, 0.2) is 0 Å². The Kier molecular flexibility index (Phi) is 14.6. The molecule has 0 fully saturated rings. The number of ether oxygens (including phenoxy) is 2. The summed E-state index contributed by atoms with van der Waals surface area (Å²) < 4.78 is 8.80. The summed E-state index contributed by atoms with van der Waals surface area (Å²) in [5, 5.41) is 7.57. The third-order valence-corrected chi connectivity index (χ3v) is 0.601. The summed E-state index contributed by atoms with van der Waals surface area (Å²) in [7, 11) is 0. The van der Waals surface area contributed by atoms with Crippen molar-refractivity contribution in [1.29, 1.82) is 0 Å². The van der Waals surface area contributed by atoms with E-state index >= 15 is 0 Å². The second-order valence-corrected chi connectivity index (χ2v) is 1.74. The van der Waals surface area contributed by atoms with E-state index in [-0.39, 0.29) is 6.61 Å². The van der Waals surface area contributed by atoms with Crippen LogP contribution in [0.5, 0.6) is 0 Å². The van der Waals surface area contributed by atoms with E-state index < -0.39 is 6.16 Å². The first-order chi connectivity index (χ1) is 6.22. The van der Waals surface area contributed by atoms with Crippen molar-refractivity contribution in [1.82, 2.24) is 0 Å². The lowest BCUT2D eigenvalue weighted by atomic mass is 10.7. The van der Waals surface area contributed by atoms with Crippen LogP contribution in [0.4, 0.5) is 4.79 Å². The van der Waals surface area contributed by atoms with E-state index in [2.05, 4.69) is 9.47 Å². The van der Waals surface area contributed by atoms with Gasteiger partial charge < -0.3 is 14.6 Å². The number of aliphatic hydroxyl groups is 1. The maximum atomic E-state index is 10.4. The molecule has 0 aliphatic carbocycles. The van der Waals surface area contributed by atoms with Crippen molar-refractivity contribution in [2.45, 2.75) is 20.8 Å². The standard InChI is InChI=1S/C7H10O3.C2H6O/c1-3-5-9-7(8)10-6-4-2;1-2-3/h3-6H,1-2H3;3H,2H2,1H3. The number of carbonyl (C=O) groups is 1. The van der Waals surface area contributed by atoms with Crippen LogP contribution in [0.25, 0.3) is 0 Å². The SMILES string of the molecule is CC=COC(=O)OC=CC.CCO. The lowest BCUT2D eigenvalue weighted by Gasteiger charge is -1.93. The van der Waals surface area contributed by atoms with Crippen LogP contribution >= 0.6 is 0 Å². The fraction of sp³-hybridized carbons (Fsp3) is 0.444. The van der Waals surface area contributed by atoms with Crippen molar-refractivity contribution in [3.05, 3.63) is 24.7 Å². The average molecular weight is 188 g/mol. The van der Waals surface area contributed by atoms with Crippen LogP contribution in [0, 0.1) is 0 Å². The molecular formula is C9H16O4. The molecule has 0 saturated heterocycles. The molecule has 0 heterocycles. The van der Waals surface area contributed by atoms with Crippen LogP contribution in [0.15, 0.2) is 24.7 Å². The Morgan fingerprint density at radius 1 is 1.23 bits per heavy atom. The molecule has 0 aromatic heterocycles. The fourth-order valence-electron chi connectivity index (χ4n) is 0.275. The fourth-order valence-corrected chi connectivity index (χ4v) is 0.275. The maximum absolute atomic E-state index is 10.4. The molecule has 0 aromatic carbocycles. The van der Waals surface area contributed by atoms with E-state index in [1.165, 1.54) is 12.5 Å². The Morgan fingerprint density at radius 3 is 1.77 bits per heavy atom. The molecule has 0 aliphatic rings. The third kappa shape index (κ3) is 18.0. The van der Waals surface area contributed by atoms with Gasteiger partial charge in [0.1, 0.15) is 0 Å². The van der Waals surface area contributed by atoms with Crippen LogP contribution in [-0.2, 0) is 9.47 Å². The highest BCUT2D eigenvalue weighted by molar-refractivity contribution is 5.61. The Bertz CT molecular complexity index is 145. The van der Waals surface area contributed by atoms with Gasteiger partial charge in [0.05, 0.1) is 12.5 Å². The molecule has 0 aromatic rings. The van der Waals surface area contributed by atoms with E-state index in [0.717, 1.165) is 0 Å². The lowest BCUT2D eigenvalue weighted by molar-refractivity contribution is 0.119. The van der Waals surface area contributed by atoms with Crippen LogP contribution in [-0.4, -0.2) is 17.9 Å². The molecule has 76 valence electrons. The largest absolute Gasteiger partial charge is 0.518 e. The Labute approximate surface area is 78.5 Å². The van der Waals surface area contributed by atoms with E-state index in [0.29, 0.717) is 0 Å². The molecular weight excluding hydrogens is 172 g/mol. The normalized spacial score (nSPS) is 9.54.